The number of ether oxygens (including phenoxy) is 1. The number of aromatic nitrogens is 3. The van der Waals surface area contributed by atoms with E-state index in [9.17, 15) is 19.1 Å². The molecule has 3 heterocycles. The summed E-state index contributed by atoms with van der Waals surface area (Å²) >= 11 is 1.22. The van der Waals surface area contributed by atoms with Crippen molar-refractivity contribution in [3.05, 3.63) is 62.8 Å². The number of nitrogens with zero attached hydrogens (tertiary/aromatic N) is 4. The molecular formula is C22H23FN4O4S. The minimum atomic E-state index is -0.664. The van der Waals surface area contributed by atoms with Crippen LogP contribution in [0.2, 0.25) is 0 Å². The van der Waals surface area contributed by atoms with Gasteiger partial charge in [-0.2, -0.15) is 0 Å². The molecule has 0 unspecified atom stereocenters. The summed E-state index contributed by atoms with van der Waals surface area (Å²) in [6.45, 7) is 4.51. The molecule has 0 radical (unpaired) electrons. The number of carbonyl (C=O) groups is 1. The summed E-state index contributed by atoms with van der Waals surface area (Å²) in [5.74, 6) is -1.33. The minimum Gasteiger partial charge on any atom is -0.503 e. The average Bonchev–Trinajstić information content (AvgIpc) is 3.23. The number of amides is 1. The molecule has 168 valence electrons. The Morgan fingerprint density at radius 3 is 2.59 bits per heavy atom. The molecule has 2 aromatic heterocycles. The lowest BCUT2D eigenvalue weighted by Crippen LogP contribution is -2.52. The fourth-order valence-corrected chi connectivity index (χ4v) is 4.91. The first-order valence-corrected chi connectivity index (χ1v) is 11.0. The van der Waals surface area contributed by atoms with Crippen LogP contribution < -0.4 is 5.43 Å². The second-order valence-electron chi connectivity index (χ2n) is 7.64. The Balaban J connectivity index is 1.74. The van der Waals surface area contributed by atoms with E-state index in [1.807, 2.05) is 13.8 Å². The highest BCUT2D eigenvalue weighted by atomic mass is 32.1. The van der Waals surface area contributed by atoms with Crippen LogP contribution in [0.4, 0.5) is 4.39 Å². The van der Waals surface area contributed by atoms with Gasteiger partial charge in [0.25, 0.3) is 5.91 Å². The second kappa shape index (κ2) is 8.79. The molecule has 1 N–H and O–H groups in total. The normalized spacial score (nSPS) is 18.1. The van der Waals surface area contributed by atoms with E-state index >= 15 is 0 Å². The van der Waals surface area contributed by atoms with E-state index in [4.69, 9.17) is 4.74 Å². The number of methoxy groups -OCH3 is 1. The molecule has 4 rings (SSSR count). The van der Waals surface area contributed by atoms with Crippen LogP contribution in [0.5, 0.6) is 5.75 Å². The molecule has 1 aliphatic heterocycles. The Bertz CT molecular complexity index is 1210. The number of benzene rings is 1. The summed E-state index contributed by atoms with van der Waals surface area (Å²) in [6, 6.07) is 5.60. The monoisotopic (exact) mass is 458 g/mol. The van der Waals surface area contributed by atoms with Crippen LogP contribution in [-0.4, -0.2) is 57.0 Å². The lowest BCUT2D eigenvalue weighted by molar-refractivity contribution is 0.0328. The SMILES string of the molecule is CCN1C(=O)c2c(O)c(=O)c(-c3nnc(Cc4ccc(F)cc4)s3)cn2[C@H](C)[C@H]1COC. The number of aromatic hydroxyl groups is 1. The first-order valence-electron chi connectivity index (χ1n) is 10.2. The van der Waals surface area contributed by atoms with Crippen molar-refractivity contribution in [3.63, 3.8) is 0 Å². The zero-order chi connectivity index (χ0) is 23.0. The van der Waals surface area contributed by atoms with Gasteiger partial charge in [0.1, 0.15) is 10.8 Å². The van der Waals surface area contributed by atoms with Gasteiger partial charge in [-0.25, -0.2) is 4.39 Å². The number of pyridine rings is 1. The molecule has 1 aromatic carbocycles. The highest BCUT2D eigenvalue weighted by Gasteiger charge is 2.39. The van der Waals surface area contributed by atoms with E-state index in [1.54, 1.807) is 34.9 Å². The van der Waals surface area contributed by atoms with Crippen LogP contribution in [-0.2, 0) is 11.2 Å². The molecule has 0 saturated heterocycles. The van der Waals surface area contributed by atoms with Gasteiger partial charge in [-0.3, -0.25) is 9.59 Å². The van der Waals surface area contributed by atoms with Gasteiger partial charge in [0.15, 0.2) is 16.5 Å². The van der Waals surface area contributed by atoms with Gasteiger partial charge < -0.3 is 19.3 Å². The fraction of sp³-hybridized carbons (Fsp3) is 0.364. The van der Waals surface area contributed by atoms with Gasteiger partial charge in [0.05, 0.1) is 24.3 Å². The van der Waals surface area contributed by atoms with E-state index in [0.717, 1.165) is 5.56 Å². The molecule has 1 amide bonds. The van der Waals surface area contributed by atoms with Crippen LogP contribution >= 0.6 is 11.3 Å². The van der Waals surface area contributed by atoms with Crippen LogP contribution in [0.3, 0.4) is 0 Å². The Kier molecular flexibility index (Phi) is 6.07. The lowest BCUT2D eigenvalue weighted by Gasteiger charge is -2.41. The smallest absolute Gasteiger partial charge is 0.274 e. The molecule has 1 aliphatic rings. The molecule has 2 atom stereocenters. The Morgan fingerprint density at radius 2 is 1.94 bits per heavy atom. The van der Waals surface area contributed by atoms with E-state index in [1.165, 1.54) is 23.5 Å². The molecule has 32 heavy (non-hydrogen) atoms. The summed E-state index contributed by atoms with van der Waals surface area (Å²) in [7, 11) is 1.57. The van der Waals surface area contributed by atoms with Gasteiger partial charge in [0.2, 0.25) is 5.43 Å². The van der Waals surface area contributed by atoms with Crippen molar-refractivity contribution in [2.75, 3.05) is 20.3 Å². The van der Waals surface area contributed by atoms with Crippen LogP contribution in [0.25, 0.3) is 10.6 Å². The van der Waals surface area contributed by atoms with Gasteiger partial charge >= 0.3 is 0 Å². The number of likely N-dealkylation sites (N-methyl/N-ethyl adjacent to an activating group) is 1. The third-order valence-electron chi connectivity index (χ3n) is 5.71. The highest BCUT2D eigenvalue weighted by molar-refractivity contribution is 7.14. The van der Waals surface area contributed by atoms with Crippen molar-refractivity contribution in [2.45, 2.75) is 32.4 Å². The number of fused-ring (bicyclic) bond motifs is 1. The van der Waals surface area contributed by atoms with Crippen molar-refractivity contribution in [3.8, 4) is 16.3 Å². The number of hydrogen-bond acceptors (Lipinski definition) is 7. The van der Waals surface area contributed by atoms with Crippen LogP contribution in [0, 0.1) is 5.82 Å². The zero-order valence-electron chi connectivity index (χ0n) is 17.9. The molecule has 3 aromatic rings. The average molecular weight is 459 g/mol. The first-order chi connectivity index (χ1) is 15.3. The van der Waals surface area contributed by atoms with E-state index in [0.29, 0.717) is 29.6 Å². The maximum atomic E-state index is 13.1. The van der Waals surface area contributed by atoms with Crippen molar-refractivity contribution >= 4 is 17.2 Å². The van der Waals surface area contributed by atoms with Crippen molar-refractivity contribution < 1.29 is 19.0 Å². The molecule has 0 fully saturated rings. The quantitative estimate of drug-likeness (QED) is 0.610. The highest BCUT2D eigenvalue weighted by Crippen LogP contribution is 2.33. The second-order valence-corrected chi connectivity index (χ2v) is 8.70. The topological polar surface area (TPSA) is 97.5 Å². The third kappa shape index (κ3) is 3.80. The van der Waals surface area contributed by atoms with Gasteiger partial charge in [-0.05, 0) is 31.5 Å². The predicted octanol–water partition coefficient (Wildman–Crippen LogP) is 2.85. The minimum absolute atomic E-state index is 0.0310. The van der Waals surface area contributed by atoms with Crippen molar-refractivity contribution in [2.24, 2.45) is 0 Å². The van der Waals surface area contributed by atoms with E-state index in [2.05, 4.69) is 10.2 Å². The van der Waals surface area contributed by atoms with Crippen molar-refractivity contribution in [1.29, 1.82) is 0 Å². The molecule has 10 heteroatoms. The fourth-order valence-electron chi connectivity index (χ4n) is 4.03. The van der Waals surface area contributed by atoms with Gasteiger partial charge in [0, 0.05) is 26.3 Å². The summed E-state index contributed by atoms with van der Waals surface area (Å²) in [6.07, 6.45) is 2.00. The Morgan fingerprint density at radius 1 is 1.22 bits per heavy atom. The number of carbonyl (C=O) groups excluding carboxylic acids is 1. The predicted molar refractivity (Wildman–Crippen MR) is 118 cm³/mol. The largest absolute Gasteiger partial charge is 0.503 e. The third-order valence-corrected chi connectivity index (χ3v) is 6.67. The first kappa shape index (κ1) is 22.1. The molecule has 0 bridgehead atoms. The Labute approximate surface area is 187 Å². The molecule has 0 aliphatic carbocycles. The summed E-state index contributed by atoms with van der Waals surface area (Å²) < 4.78 is 20.1. The maximum absolute atomic E-state index is 13.1. The molecule has 0 spiro atoms. The maximum Gasteiger partial charge on any atom is 0.274 e. The number of rotatable bonds is 6. The number of hydrogen-bond donors (Lipinski definition) is 1. The van der Waals surface area contributed by atoms with Crippen molar-refractivity contribution in [1.82, 2.24) is 19.7 Å². The van der Waals surface area contributed by atoms with Crippen LogP contribution in [0.1, 0.15) is 40.9 Å². The molecular weight excluding hydrogens is 435 g/mol. The van der Waals surface area contributed by atoms with E-state index in [-0.39, 0.29) is 29.2 Å². The zero-order valence-corrected chi connectivity index (χ0v) is 18.7. The molecule has 8 nitrogen and oxygen atoms in total. The molecule has 0 saturated carbocycles. The summed E-state index contributed by atoms with van der Waals surface area (Å²) in [5, 5.41) is 19.9. The van der Waals surface area contributed by atoms with Gasteiger partial charge in [-0.15, -0.1) is 10.2 Å². The van der Waals surface area contributed by atoms with Crippen LogP contribution in [0.15, 0.2) is 35.3 Å². The summed E-state index contributed by atoms with van der Waals surface area (Å²) in [4.78, 5) is 27.6. The lowest BCUT2D eigenvalue weighted by atomic mass is 10.0. The Hall–Kier alpha value is -3.11. The standard InChI is InChI=1S/C22H23FN4O4S/c1-4-26-16(11-31-3)12(2)27-10-15(19(28)20(29)18(27)22(26)30)21-25-24-17(32-21)9-13-5-7-14(23)8-6-13/h5-8,10,12,16,29H,4,9,11H2,1-3H3/t12-,16-/m1/s1. The number of halogens is 1. The van der Waals surface area contributed by atoms with E-state index < -0.39 is 17.1 Å². The van der Waals surface area contributed by atoms with Gasteiger partial charge in [-0.1, -0.05) is 23.5 Å². The summed E-state index contributed by atoms with van der Waals surface area (Å²) in [5.41, 5.74) is 0.342.